The van der Waals surface area contributed by atoms with E-state index in [2.05, 4.69) is 13.8 Å². The van der Waals surface area contributed by atoms with Crippen molar-refractivity contribution in [1.29, 1.82) is 0 Å². The van der Waals surface area contributed by atoms with Crippen molar-refractivity contribution in [1.82, 2.24) is 0 Å². The zero-order valence-electron chi connectivity index (χ0n) is 29.8. The summed E-state index contributed by atoms with van der Waals surface area (Å²) in [4.78, 5) is 65.5. The minimum Gasteiger partial charge on any atom is -0.459 e. The second kappa shape index (κ2) is 14.9. The Labute approximate surface area is 282 Å². The molecule has 0 aromatic rings. The predicted molar refractivity (Wildman–Crippen MR) is 173 cm³/mol. The molecule has 12 heteroatoms. The molecule has 3 rings (SSSR count). The minimum atomic E-state index is -2.61. The van der Waals surface area contributed by atoms with Gasteiger partial charge in [0, 0.05) is 31.4 Å². The lowest BCUT2D eigenvalue weighted by Crippen LogP contribution is -2.64. The molecule has 0 bridgehead atoms. The van der Waals surface area contributed by atoms with Gasteiger partial charge in [-0.25, -0.2) is 14.4 Å². The Bertz CT molecular complexity index is 1380. The Morgan fingerprint density at radius 1 is 1.04 bits per heavy atom. The summed E-state index contributed by atoms with van der Waals surface area (Å²) in [7, 11) is 0. The quantitative estimate of drug-likeness (QED) is 0.0987. The van der Waals surface area contributed by atoms with Crippen molar-refractivity contribution >= 4 is 29.8 Å². The van der Waals surface area contributed by atoms with Gasteiger partial charge in [0.2, 0.25) is 0 Å². The van der Waals surface area contributed by atoms with Crippen LogP contribution in [0.15, 0.2) is 34.4 Å². The predicted octanol–water partition coefficient (Wildman–Crippen LogP) is 4.34. The monoisotopic (exact) mass is 676 g/mol. The highest BCUT2D eigenvalue weighted by Gasteiger charge is 2.76. The maximum Gasteiger partial charge on any atom is 0.341 e. The average Bonchev–Trinajstić information content (AvgIpc) is 3.32. The third-order valence-corrected chi connectivity index (χ3v) is 9.99. The number of unbranched alkanes of at least 4 members (excludes halogenated alkanes) is 1. The maximum absolute atomic E-state index is 13.4. The molecule has 12 nitrogen and oxygen atoms in total. The number of aliphatic hydroxyl groups is 2. The first kappa shape index (κ1) is 38.9. The van der Waals surface area contributed by atoms with Gasteiger partial charge in [0.05, 0.1) is 5.92 Å². The first-order valence-electron chi connectivity index (χ1n) is 16.7. The highest BCUT2D eigenvalue weighted by molar-refractivity contribution is 5.88. The molecular weight excluding hydrogens is 624 g/mol. The molecule has 1 heterocycles. The molecule has 2 N–H and O–H groups in total. The zero-order chi connectivity index (χ0) is 36.4. The van der Waals surface area contributed by atoms with E-state index in [-0.39, 0.29) is 23.1 Å². The lowest BCUT2D eigenvalue weighted by molar-refractivity contribution is -0.210. The lowest BCUT2D eigenvalue weighted by Gasteiger charge is -2.41. The molecule has 0 aromatic heterocycles. The fraction of sp³-hybridized carbons (Fsp3) is 0.694. The van der Waals surface area contributed by atoms with E-state index in [9.17, 15) is 34.2 Å². The van der Waals surface area contributed by atoms with Gasteiger partial charge >= 0.3 is 29.8 Å². The fourth-order valence-electron chi connectivity index (χ4n) is 6.98. The number of esters is 5. The number of ether oxygens (including phenoxy) is 5. The Balaban J connectivity index is 2.23. The summed E-state index contributed by atoms with van der Waals surface area (Å²) in [5.74, 6) is -4.77. The SMILES string of the molecule is C/C=C(/C)C(=O)O[C@H]1C(C)=C2[C@H]([C@@H]1OC(=O)CCCCC(C)CC)[C@@](C)(OC(C)=O)C[C@H](OC(=O)C=C(C)C)[C@@]1(O)[C@H]2OC(=O)[C@@]1(C)O. The Hall–Kier alpha value is -3.51. The molecule has 48 heavy (non-hydrogen) atoms. The number of fused-ring (bicyclic) bond motifs is 3. The van der Waals surface area contributed by atoms with Crippen molar-refractivity contribution in [2.24, 2.45) is 11.8 Å². The number of hydrogen-bond acceptors (Lipinski definition) is 12. The largest absolute Gasteiger partial charge is 0.459 e. The summed E-state index contributed by atoms with van der Waals surface area (Å²) in [5.41, 5.74) is -5.68. The van der Waals surface area contributed by atoms with E-state index < -0.39 is 83.4 Å². The van der Waals surface area contributed by atoms with Crippen molar-refractivity contribution < 1.29 is 57.9 Å². The van der Waals surface area contributed by atoms with Crippen LogP contribution in [0, 0.1) is 11.8 Å². The van der Waals surface area contributed by atoms with Gasteiger partial charge in [-0.1, -0.05) is 44.8 Å². The number of allylic oxidation sites excluding steroid dienone is 2. The Morgan fingerprint density at radius 2 is 1.69 bits per heavy atom. The van der Waals surface area contributed by atoms with Crippen LogP contribution in [0.5, 0.6) is 0 Å². The van der Waals surface area contributed by atoms with Crippen LogP contribution in [0.3, 0.4) is 0 Å². The second-order valence-corrected chi connectivity index (χ2v) is 14.1. The van der Waals surface area contributed by atoms with Gasteiger partial charge in [0.25, 0.3) is 0 Å². The van der Waals surface area contributed by atoms with Crippen molar-refractivity contribution in [3.8, 4) is 0 Å². The highest BCUT2D eigenvalue weighted by atomic mass is 16.6. The van der Waals surface area contributed by atoms with E-state index in [0.717, 1.165) is 26.2 Å². The molecule has 2 aliphatic carbocycles. The number of rotatable bonds is 12. The zero-order valence-corrected chi connectivity index (χ0v) is 29.8. The van der Waals surface area contributed by atoms with Crippen molar-refractivity contribution in [2.75, 3.05) is 0 Å². The third kappa shape index (κ3) is 7.54. The smallest absolute Gasteiger partial charge is 0.341 e. The van der Waals surface area contributed by atoms with Crippen LogP contribution in [-0.4, -0.2) is 81.3 Å². The summed E-state index contributed by atoms with van der Waals surface area (Å²) in [6.07, 6.45) is -0.240. The van der Waals surface area contributed by atoms with Crippen LogP contribution in [0.1, 0.15) is 108 Å². The van der Waals surface area contributed by atoms with Crippen molar-refractivity contribution in [3.05, 3.63) is 34.4 Å². The maximum atomic E-state index is 13.4. The minimum absolute atomic E-state index is 0.0624. The summed E-state index contributed by atoms with van der Waals surface area (Å²) < 4.78 is 29.4. The molecule has 268 valence electrons. The van der Waals surface area contributed by atoms with Gasteiger partial charge in [-0.3, -0.25) is 9.59 Å². The molecule has 1 saturated carbocycles. The van der Waals surface area contributed by atoms with Crippen LogP contribution in [0.4, 0.5) is 0 Å². The number of carbonyl (C=O) groups excluding carboxylic acids is 5. The summed E-state index contributed by atoms with van der Waals surface area (Å²) in [5, 5.41) is 24.0. The van der Waals surface area contributed by atoms with Gasteiger partial charge in [0.1, 0.15) is 11.7 Å². The van der Waals surface area contributed by atoms with Crippen LogP contribution in [-0.2, 0) is 47.7 Å². The first-order valence-corrected chi connectivity index (χ1v) is 16.7. The normalized spacial score (nSPS) is 33.5. The highest BCUT2D eigenvalue weighted by Crippen LogP contribution is 2.57. The third-order valence-electron chi connectivity index (χ3n) is 9.99. The molecule has 1 unspecified atom stereocenters. The van der Waals surface area contributed by atoms with Crippen molar-refractivity contribution in [2.45, 2.75) is 149 Å². The number of carbonyl (C=O) groups is 5. The van der Waals surface area contributed by atoms with Crippen molar-refractivity contribution in [3.63, 3.8) is 0 Å². The molecule has 1 saturated heterocycles. The summed E-state index contributed by atoms with van der Waals surface area (Å²) in [6, 6.07) is 0. The topological polar surface area (TPSA) is 172 Å². The van der Waals surface area contributed by atoms with E-state index in [1.807, 2.05) is 0 Å². The van der Waals surface area contributed by atoms with Gasteiger partial charge in [-0.15, -0.1) is 0 Å². The van der Waals surface area contributed by atoms with E-state index in [1.165, 1.54) is 19.9 Å². The van der Waals surface area contributed by atoms with E-state index >= 15 is 0 Å². The first-order chi connectivity index (χ1) is 22.2. The standard InChI is InChI=1S/C36H52O12/c1-11-20(5)15-13-14-16-25(38)45-30-28-27(22(7)29(30)46-32(40)21(6)12-2)31-36(43,35(10,42)33(41)47-31)24(44-26(39)17-19(3)4)18-34(28,9)48-23(8)37/h12,17,20,24,28-31,42-43H,11,13-16,18H2,1-10H3/b21-12-/t20?,24-,28+,29-,30-,31-,34-,35+,36+/m0/s1. The molecule has 9 atom stereocenters. The van der Waals surface area contributed by atoms with Crippen LogP contribution >= 0.6 is 0 Å². The molecule has 1 aliphatic heterocycles. The van der Waals surface area contributed by atoms with Crippen LogP contribution in [0.2, 0.25) is 0 Å². The van der Waals surface area contributed by atoms with Crippen LogP contribution in [0.25, 0.3) is 0 Å². The van der Waals surface area contributed by atoms with E-state index in [1.54, 1.807) is 40.7 Å². The summed E-state index contributed by atoms with van der Waals surface area (Å²) in [6.45, 7) is 16.1. The molecular formula is C36H52O12. The number of hydrogen-bond donors (Lipinski definition) is 2. The van der Waals surface area contributed by atoms with Crippen LogP contribution < -0.4 is 0 Å². The van der Waals surface area contributed by atoms with Gasteiger partial charge in [0.15, 0.2) is 29.5 Å². The summed E-state index contributed by atoms with van der Waals surface area (Å²) >= 11 is 0. The second-order valence-electron chi connectivity index (χ2n) is 14.1. The van der Waals surface area contributed by atoms with E-state index in [4.69, 9.17) is 23.7 Å². The van der Waals surface area contributed by atoms with Gasteiger partial charge in [-0.2, -0.15) is 0 Å². The molecule has 2 fully saturated rings. The van der Waals surface area contributed by atoms with Gasteiger partial charge in [-0.05, 0) is 72.0 Å². The molecule has 0 amide bonds. The molecule has 0 spiro atoms. The lowest BCUT2D eigenvalue weighted by atomic mass is 9.75. The molecule has 0 radical (unpaired) electrons. The Kier molecular flexibility index (Phi) is 12.1. The average molecular weight is 677 g/mol. The molecule has 3 aliphatic rings. The van der Waals surface area contributed by atoms with E-state index in [0.29, 0.717) is 17.9 Å². The fourth-order valence-corrected chi connectivity index (χ4v) is 6.98. The Morgan fingerprint density at radius 3 is 2.25 bits per heavy atom. The van der Waals surface area contributed by atoms with Gasteiger partial charge < -0.3 is 33.9 Å². The molecule has 0 aromatic carbocycles.